The van der Waals surface area contributed by atoms with E-state index < -0.39 is 41.5 Å². The molecule has 7 heteroatoms. The molecule has 2 amide bonds. The van der Waals surface area contributed by atoms with E-state index in [9.17, 15) is 22.8 Å². The van der Waals surface area contributed by atoms with E-state index in [-0.39, 0.29) is 0 Å². The van der Waals surface area contributed by atoms with Crippen LogP contribution in [0.1, 0.15) is 21.5 Å². The molecule has 0 heterocycles. The fraction of sp³-hybridized carbons (Fsp3) is 0.176. The van der Waals surface area contributed by atoms with Crippen LogP contribution in [0.5, 0.6) is 0 Å². The maximum atomic E-state index is 13.5. The van der Waals surface area contributed by atoms with Crippen LogP contribution >= 0.6 is 0 Å². The van der Waals surface area contributed by atoms with Gasteiger partial charge in [-0.25, -0.2) is 13.2 Å². The van der Waals surface area contributed by atoms with Crippen molar-refractivity contribution in [3.63, 3.8) is 0 Å². The van der Waals surface area contributed by atoms with Gasteiger partial charge in [0, 0.05) is 5.56 Å². The summed E-state index contributed by atoms with van der Waals surface area (Å²) in [5, 5.41) is 4.47. The molecule has 0 aromatic heterocycles. The van der Waals surface area contributed by atoms with Crippen LogP contribution in [-0.2, 0) is 4.79 Å². The van der Waals surface area contributed by atoms with Gasteiger partial charge in [0.2, 0.25) is 5.91 Å². The third kappa shape index (κ3) is 3.92. The zero-order chi connectivity index (χ0) is 17.9. The van der Waals surface area contributed by atoms with Gasteiger partial charge in [-0.3, -0.25) is 9.59 Å². The number of anilines is 1. The van der Waals surface area contributed by atoms with Crippen LogP contribution in [0.4, 0.5) is 18.9 Å². The Morgan fingerprint density at radius 3 is 2.42 bits per heavy atom. The number of amides is 2. The van der Waals surface area contributed by atoms with E-state index in [1.807, 2.05) is 13.0 Å². The maximum Gasteiger partial charge on any atom is 0.251 e. The molecule has 126 valence electrons. The van der Waals surface area contributed by atoms with Crippen LogP contribution in [0.25, 0.3) is 0 Å². The number of halogens is 3. The molecule has 0 atom stereocenters. The summed E-state index contributed by atoms with van der Waals surface area (Å²) in [6.45, 7) is 3.14. The lowest BCUT2D eigenvalue weighted by molar-refractivity contribution is -0.115. The van der Waals surface area contributed by atoms with Gasteiger partial charge in [0.25, 0.3) is 5.91 Å². The van der Waals surface area contributed by atoms with Crippen molar-refractivity contribution in [3.8, 4) is 0 Å². The van der Waals surface area contributed by atoms with E-state index in [0.717, 1.165) is 17.2 Å². The largest absolute Gasteiger partial charge is 0.343 e. The summed E-state index contributed by atoms with van der Waals surface area (Å²) in [6, 6.07) is 6.91. The molecule has 4 nitrogen and oxygen atoms in total. The average molecular weight is 336 g/mol. The van der Waals surface area contributed by atoms with Gasteiger partial charge in [-0.1, -0.05) is 17.7 Å². The smallest absolute Gasteiger partial charge is 0.251 e. The molecule has 0 spiro atoms. The topological polar surface area (TPSA) is 58.2 Å². The third-order valence-electron chi connectivity index (χ3n) is 3.36. The lowest BCUT2D eigenvalue weighted by Gasteiger charge is -2.10. The van der Waals surface area contributed by atoms with E-state index in [2.05, 4.69) is 10.6 Å². The normalized spacial score (nSPS) is 10.4. The predicted octanol–water partition coefficient (Wildman–Crippen LogP) is 3.09. The number of rotatable bonds is 4. The Labute approximate surface area is 136 Å². The van der Waals surface area contributed by atoms with E-state index in [0.29, 0.717) is 11.6 Å². The molecule has 0 saturated carbocycles. The van der Waals surface area contributed by atoms with E-state index in [1.54, 1.807) is 19.1 Å². The van der Waals surface area contributed by atoms with Crippen LogP contribution in [0, 0.1) is 31.3 Å². The Balaban J connectivity index is 2.00. The summed E-state index contributed by atoms with van der Waals surface area (Å²) in [5.74, 6) is -5.75. The van der Waals surface area contributed by atoms with Gasteiger partial charge in [-0.05, 0) is 37.6 Å². The molecule has 2 aromatic rings. The van der Waals surface area contributed by atoms with Crippen molar-refractivity contribution in [1.82, 2.24) is 5.32 Å². The maximum absolute atomic E-state index is 13.5. The number of benzene rings is 2. The zero-order valence-electron chi connectivity index (χ0n) is 13.0. The fourth-order valence-corrected chi connectivity index (χ4v) is 2.05. The predicted molar refractivity (Wildman–Crippen MR) is 83.2 cm³/mol. The highest BCUT2D eigenvalue weighted by molar-refractivity contribution is 6.00. The third-order valence-corrected chi connectivity index (χ3v) is 3.36. The van der Waals surface area contributed by atoms with Crippen molar-refractivity contribution in [2.45, 2.75) is 13.8 Å². The monoisotopic (exact) mass is 336 g/mol. The van der Waals surface area contributed by atoms with Crippen LogP contribution < -0.4 is 10.6 Å². The van der Waals surface area contributed by atoms with Crippen molar-refractivity contribution in [2.75, 3.05) is 11.9 Å². The Hall–Kier alpha value is -2.83. The summed E-state index contributed by atoms with van der Waals surface area (Å²) < 4.78 is 39.4. The Morgan fingerprint density at radius 1 is 1.00 bits per heavy atom. The molecule has 0 saturated heterocycles. The molecule has 2 N–H and O–H groups in total. The Bertz CT molecular complexity index is 807. The van der Waals surface area contributed by atoms with Gasteiger partial charge in [-0.2, -0.15) is 0 Å². The number of carbonyl (C=O) groups is 2. The van der Waals surface area contributed by atoms with Crippen molar-refractivity contribution in [2.24, 2.45) is 0 Å². The summed E-state index contributed by atoms with van der Waals surface area (Å²) in [4.78, 5) is 23.8. The molecule has 0 bridgehead atoms. The second-order valence-electron chi connectivity index (χ2n) is 5.27. The van der Waals surface area contributed by atoms with Gasteiger partial charge in [0.15, 0.2) is 17.5 Å². The molecule has 24 heavy (non-hydrogen) atoms. The SMILES string of the molecule is Cc1ccc(C)c(C(=O)NCC(=O)Nc2ccc(F)c(F)c2F)c1. The molecule has 2 rings (SSSR count). The van der Waals surface area contributed by atoms with Crippen LogP contribution in [0.2, 0.25) is 0 Å². The number of nitrogens with one attached hydrogen (secondary N) is 2. The van der Waals surface area contributed by atoms with Crippen molar-refractivity contribution in [1.29, 1.82) is 0 Å². The minimum Gasteiger partial charge on any atom is -0.343 e. The lowest BCUT2D eigenvalue weighted by Crippen LogP contribution is -2.33. The standard InChI is InChI=1S/C17H15F3N2O2/c1-9-3-4-10(2)11(7-9)17(24)21-8-14(23)22-13-6-5-12(18)15(19)16(13)20/h3-7H,8H2,1-2H3,(H,21,24)(H,22,23). The average Bonchev–Trinajstić information content (AvgIpc) is 2.55. The molecule has 0 aliphatic heterocycles. The Kier molecular flexibility index (Phi) is 5.23. The fourth-order valence-electron chi connectivity index (χ4n) is 2.05. The first-order valence-electron chi connectivity index (χ1n) is 7.08. The minimum absolute atomic E-state index is 0.418. The summed E-state index contributed by atoms with van der Waals surface area (Å²) in [5.41, 5.74) is 1.55. The van der Waals surface area contributed by atoms with Crippen molar-refractivity contribution < 1.29 is 22.8 Å². The molecule has 2 aromatic carbocycles. The minimum atomic E-state index is -1.67. The second kappa shape index (κ2) is 7.16. The van der Waals surface area contributed by atoms with Gasteiger partial charge < -0.3 is 10.6 Å². The molecule has 0 aliphatic rings. The number of aryl methyl sites for hydroxylation is 2. The summed E-state index contributed by atoms with van der Waals surface area (Å²) in [6.07, 6.45) is 0. The van der Waals surface area contributed by atoms with Gasteiger partial charge >= 0.3 is 0 Å². The quantitative estimate of drug-likeness (QED) is 0.843. The lowest BCUT2D eigenvalue weighted by atomic mass is 10.1. The molecular weight excluding hydrogens is 321 g/mol. The van der Waals surface area contributed by atoms with Crippen molar-refractivity contribution >= 4 is 17.5 Å². The highest BCUT2D eigenvalue weighted by Crippen LogP contribution is 2.19. The Morgan fingerprint density at radius 2 is 1.71 bits per heavy atom. The number of hydrogen-bond acceptors (Lipinski definition) is 2. The molecular formula is C17H15F3N2O2. The van der Waals surface area contributed by atoms with Crippen LogP contribution in [-0.4, -0.2) is 18.4 Å². The van der Waals surface area contributed by atoms with Gasteiger partial charge in [-0.15, -0.1) is 0 Å². The van der Waals surface area contributed by atoms with Crippen LogP contribution in [0.15, 0.2) is 30.3 Å². The van der Waals surface area contributed by atoms with Gasteiger partial charge in [0.05, 0.1) is 12.2 Å². The molecule has 0 unspecified atom stereocenters. The first-order chi connectivity index (χ1) is 11.3. The van der Waals surface area contributed by atoms with Gasteiger partial charge in [0.1, 0.15) is 0 Å². The number of hydrogen-bond donors (Lipinski definition) is 2. The molecule has 0 fully saturated rings. The van der Waals surface area contributed by atoms with E-state index in [1.165, 1.54) is 0 Å². The summed E-state index contributed by atoms with van der Waals surface area (Å²) in [7, 11) is 0. The first kappa shape index (κ1) is 17.5. The van der Waals surface area contributed by atoms with E-state index in [4.69, 9.17) is 0 Å². The summed E-state index contributed by atoms with van der Waals surface area (Å²) >= 11 is 0. The van der Waals surface area contributed by atoms with E-state index >= 15 is 0 Å². The second-order valence-corrected chi connectivity index (χ2v) is 5.27. The molecule has 0 aliphatic carbocycles. The molecule has 0 radical (unpaired) electrons. The first-order valence-corrected chi connectivity index (χ1v) is 7.08. The number of carbonyl (C=O) groups excluding carboxylic acids is 2. The highest BCUT2D eigenvalue weighted by atomic mass is 19.2. The van der Waals surface area contributed by atoms with Crippen LogP contribution in [0.3, 0.4) is 0 Å². The van der Waals surface area contributed by atoms with Crippen molar-refractivity contribution in [3.05, 3.63) is 64.5 Å². The highest BCUT2D eigenvalue weighted by Gasteiger charge is 2.16. The zero-order valence-corrected chi connectivity index (χ0v) is 13.0.